The Labute approximate surface area is 115 Å². The molecule has 100 valence electrons. The van der Waals surface area contributed by atoms with Crippen LogP contribution in [0.3, 0.4) is 0 Å². The first kappa shape index (κ1) is 15.0. The topological polar surface area (TPSA) is 29.1 Å². The molecule has 0 heterocycles. The molecule has 0 aliphatic heterocycles. The molecule has 0 saturated carbocycles. The first-order valence-electron chi connectivity index (χ1n) is 6.66. The lowest BCUT2D eigenvalue weighted by molar-refractivity contribution is -0.121. The lowest BCUT2D eigenvalue weighted by Gasteiger charge is -2.06. The van der Waals surface area contributed by atoms with Gasteiger partial charge in [-0.2, -0.15) is 0 Å². The lowest BCUT2D eigenvalue weighted by Crippen LogP contribution is -2.22. The van der Waals surface area contributed by atoms with Gasteiger partial charge in [0.2, 0.25) is 5.91 Å². The number of benzene rings is 1. The Morgan fingerprint density at radius 2 is 2.00 bits per heavy atom. The Morgan fingerprint density at radius 1 is 1.22 bits per heavy atom. The Kier molecular flexibility index (Phi) is 7.51. The van der Waals surface area contributed by atoms with Crippen molar-refractivity contribution < 1.29 is 4.79 Å². The summed E-state index contributed by atoms with van der Waals surface area (Å²) >= 11 is 5.77. The number of amides is 1. The van der Waals surface area contributed by atoms with Crippen molar-refractivity contribution in [3.8, 4) is 0 Å². The van der Waals surface area contributed by atoms with E-state index in [1.807, 2.05) is 24.3 Å². The van der Waals surface area contributed by atoms with Crippen molar-refractivity contribution in [3.05, 3.63) is 35.4 Å². The molecule has 0 aliphatic rings. The van der Waals surface area contributed by atoms with E-state index in [0.717, 1.165) is 24.0 Å². The number of carbonyl (C=O) groups excluding carboxylic acids is 1. The maximum atomic E-state index is 11.6. The van der Waals surface area contributed by atoms with Gasteiger partial charge in [0.15, 0.2) is 0 Å². The fraction of sp³-hybridized carbons (Fsp3) is 0.533. The highest BCUT2D eigenvalue weighted by molar-refractivity contribution is 6.17. The molecule has 0 bridgehead atoms. The van der Waals surface area contributed by atoms with Crippen LogP contribution in [0.5, 0.6) is 0 Å². The molecule has 18 heavy (non-hydrogen) atoms. The van der Waals surface area contributed by atoms with Gasteiger partial charge >= 0.3 is 0 Å². The zero-order valence-corrected chi connectivity index (χ0v) is 11.8. The highest BCUT2D eigenvalue weighted by atomic mass is 35.5. The summed E-state index contributed by atoms with van der Waals surface area (Å²) in [6.07, 6.45) is 5.18. The van der Waals surface area contributed by atoms with Gasteiger partial charge in [-0.3, -0.25) is 4.79 Å². The van der Waals surface area contributed by atoms with Crippen LogP contribution in [-0.4, -0.2) is 5.91 Å². The minimum Gasteiger partial charge on any atom is -0.352 e. The third kappa shape index (κ3) is 6.06. The smallest absolute Gasteiger partial charge is 0.220 e. The molecule has 1 amide bonds. The fourth-order valence-corrected chi connectivity index (χ4v) is 1.99. The van der Waals surface area contributed by atoms with E-state index in [-0.39, 0.29) is 5.91 Å². The molecule has 0 spiro atoms. The van der Waals surface area contributed by atoms with Crippen LogP contribution in [0.25, 0.3) is 0 Å². The van der Waals surface area contributed by atoms with Gasteiger partial charge in [0.05, 0.1) is 0 Å². The van der Waals surface area contributed by atoms with Crippen LogP contribution in [0.1, 0.15) is 50.2 Å². The second kappa shape index (κ2) is 8.98. The van der Waals surface area contributed by atoms with Crippen molar-refractivity contribution in [1.29, 1.82) is 0 Å². The predicted molar refractivity (Wildman–Crippen MR) is 76.6 cm³/mol. The second-order valence-electron chi connectivity index (χ2n) is 4.54. The number of hydrogen-bond acceptors (Lipinski definition) is 1. The van der Waals surface area contributed by atoms with Crippen LogP contribution in [0.4, 0.5) is 0 Å². The minimum atomic E-state index is 0.141. The number of hydrogen-bond donors (Lipinski definition) is 1. The molecule has 0 unspecified atom stereocenters. The first-order chi connectivity index (χ1) is 8.76. The summed E-state index contributed by atoms with van der Waals surface area (Å²) in [6, 6.07) is 8.00. The number of rotatable bonds is 8. The van der Waals surface area contributed by atoms with Crippen LogP contribution in [0.2, 0.25) is 0 Å². The number of alkyl halides is 1. The Morgan fingerprint density at radius 3 is 2.72 bits per heavy atom. The van der Waals surface area contributed by atoms with Crippen molar-refractivity contribution in [3.63, 3.8) is 0 Å². The van der Waals surface area contributed by atoms with E-state index in [0.29, 0.717) is 18.8 Å². The summed E-state index contributed by atoms with van der Waals surface area (Å²) in [5, 5.41) is 2.95. The van der Waals surface area contributed by atoms with Crippen molar-refractivity contribution >= 4 is 17.5 Å². The van der Waals surface area contributed by atoms with Crippen LogP contribution in [0.15, 0.2) is 24.3 Å². The lowest BCUT2D eigenvalue weighted by atomic mass is 10.1. The quantitative estimate of drug-likeness (QED) is 0.560. The van der Waals surface area contributed by atoms with Crippen LogP contribution < -0.4 is 5.32 Å². The average Bonchev–Trinajstić information content (AvgIpc) is 2.41. The highest BCUT2D eigenvalue weighted by Gasteiger charge is 2.01. The zero-order valence-electron chi connectivity index (χ0n) is 11.0. The van der Waals surface area contributed by atoms with Gasteiger partial charge in [-0.25, -0.2) is 0 Å². The van der Waals surface area contributed by atoms with Gasteiger partial charge in [-0.15, -0.1) is 11.6 Å². The Balaban J connectivity index is 2.24. The maximum absolute atomic E-state index is 11.6. The fourth-order valence-electron chi connectivity index (χ4n) is 1.82. The van der Waals surface area contributed by atoms with E-state index in [4.69, 9.17) is 11.6 Å². The molecule has 0 radical (unpaired) electrons. The number of unbranched alkanes of at least 4 members (excludes halogenated alkanes) is 3. The summed E-state index contributed by atoms with van der Waals surface area (Å²) in [5.41, 5.74) is 2.20. The van der Waals surface area contributed by atoms with Crippen LogP contribution in [0, 0.1) is 0 Å². The molecule has 1 aromatic rings. The molecule has 0 atom stereocenters. The summed E-state index contributed by atoms with van der Waals surface area (Å²) in [4.78, 5) is 11.6. The first-order valence-corrected chi connectivity index (χ1v) is 7.20. The van der Waals surface area contributed by atoms with E-state index in [1.54, 1.807) is 0 Å². The molecule has 1 N–H and O–H groups in total. The number of nitrogens with one attached hydrogen (secondary N) is 1. The van der Waals surface area contributed by atoms with Gasteiger partial charge in [-0.1, -0.05) is 50.5 Å². The standard InChI is InChI=1S/C15H22ClNO/c1-2-3-4-5-9-15(18)17-12-14-8-6-7-13(10-14)11-16/h6-8,10H,2-5,9,11-12H2,1H3,(H,17,18). The van der Waals surface area contributed by atoms with Crippen molar-refractivity contribution in [1.82, 2.24) is 5.32 Å². The normalized spacial score (nSPS) is 10.3. The SMILES string of the molecule is CCCCCCC(=O)NCc1cccc(CCl)c1. The molecular weight excluding hydrogens is 246 g/mol. The van der Waals surface area contributed by atoms with E-state index < -0.39 is 0 Å². The molecule has 0 aromatic heterocycles. The zero-order chi connectivity index (χ0) is 13.2. The number of carbonyl (C=O) groups is 1. The van der Waals surface area contributed by atoms with Gasteiger partial charge in [0.1, 0.15) is 0 Å². The van der Waals surface area contributed by atoms with Crippen molar-refractivity contribution in [2.24, 2.45) is 0 Å². The monoisotopic (exact) mass is 267 g/mol. The largest absolute Gasteiger partial charge is 0.352 e. The summed E-state index contributed by atoms with van der Waals surface area (Å²) < 4.78 is 0. The third-order valence-corrected chi connectivity index (χ3v) is 3.20. The molecule has 0 aliphatic carbocycles. The van der Waals surface area contributed by atoms with E-state index in [9.17, 15) is 4.79 Å². The van der Waals surface area contributed by atoms with Gasteiger partial charge < -0.3 is 5.32 Å². The molecule has 0 saturated heterocycles. The Bertz CT molecular complexity index is 365. The molecule has 0 fully saturated rings. The van der Waals surface area contributed by atoms with Crippen molar-refractivity contribution in [2.75, 3.05) is 0 Å². The molecule has 1 rings (SSSR count). The summed E-state index contributed by atoms with van der Waals surface area (Å²) in [6.45, 7) is 2.77. The second-order valence-corrected chi connectivity index (χ2v) is 4.81. The molecule has 2 nitrogen and oxygen atoms in total. The van der Waals surface area contributed by atoms with Gasteiger partial charge in [0.25, 0.3) is 0 Å². The van der Waals surface area contributed by atoms with Gasteiger partial charge in [-0.05, 0) is 17.5 Å². The number of halogens is 1. The van der Waals surface area contributed by atoms with E-state index >= 15 is 0 Å². The highest BCUT2D eigenvalue weighted by Crippen LogP contribution is 2.08. The van der Waals surface area contributed by atoms with Crippen molar-refractivity contribution in [2.45, 2.75) is 51.5 Å². The molecule has 3 heteroatoms. The van der Waals surface area contributed by atoms with E-state index in [2.05, 4.69) is 12.2 Å². The minimum absolute atomic E-state index is 0.141. The van der Waals surface area contributed by atoms with E-state index in [1.165, 1.54) is 12.8 Å². The van der Waals surface area contributed by atoms with Crippen LogP contribution >= 0.6 is 11.6 Å². The third-order valence-electron chi connectivity index (χ3n) is 2.89. The molecular formula is C15H22ClNO. The maximum Gasteiger partial charge on any atom is 0.220 e. The predicted octanol–water partition coefficient (Wildman–Crippen LogP) is 4.01. The van der Waals surface area contributed by atoms with Crippen LogP contribution in [-0.2, 0) is 17.2 Å². The van der Waals surface area contributed by atoms with Gasteiger partial charge in [0, 0.05) is 18.8 Å². The molecule has 1 aromatic carbocycles. The average molecular weight is 268 g/mol. The summed E-state index contributed by atoms with van der Waals surface area (Å²) in [5.74, 6) is 0.654. The Hall–Kier alpha value is -1.02. The summed E-state index contributed by atoms with van der Waals surface area (Å²) in [7, 11) is 0.